The highest BCUT2D eigenvalue weighted by molar-refractivity contribution is 7.26. The lowest BCUT2D eigenvalue weighted by Gasteiger charge is -2.34. The van der Waals surface area contributed by atoms with Crippen molar-refractivity contribution in [3.8, 4) is 22.3 Å². The van der Waals surface area contributed by atoms with Crippen LogP contribution in [0.15, 0.2) is 200 Å². The van der Waals surface area contributed by atoms with Crippen LogP contribution in [0, 0.1) is 0 Å². The van der Waals surface area contributed by atoms with Gasteiger partial charge in [0.15, 0.2) is 0 Å². The summed E-state index contributed by atoms with van der Waals surface area (Å²) in [4.78, 5) is 2.51. The van der Waals surface area contributed by atoms with Crippen LogP contribution < -0.4 is 4.90 Å². The van der Waals surface area contributed by atoms with E-state index in [0.717, 1.165) is 11.4 Å². The van der Waals surface area contributed by atoms with Crippen molar-refractivity contribution in [2.24, 2.45) is 0 Å². The molecule has 9 aromatic rings. The number of benzene rings is 8. The summed E-state index contributed by atoms with van der Waals surface area (Å²) in [6, 6.07) is 73.4. The lowest BCUT2D eigenvalue weighted by atomic mass is 9.67. The summed E-state index contributed by atoms with van der Waals surface area (Å²) in [6.07, 6.45) is 0. The lowest BCUT2D eigenvalue weighted by Crippen LogP contribution is -2.28. The van der Waals surface area contributed by atoms with Gasteiger partial charge in [0.2, 0.25) is 0 Å². The molecule has 0 atom stereocenters. The summed E-state index contributed by atoms with van der Waals surface area (Å²) < 4.78 is 2.57. The molecule has 0 N–H and O–H groups in total. The molecule has 10 rings (SSSR count). The van der Waals surface area contributed by atoms with Crippen molar-refractivity contribution in [2.75, 3.05) is 4.90 Å². The first kappa shape index (κ1) is 29.7. The topological polar surface area (TPSA) is 3.24 Å². The summed E-state index contributed by atoms with van der Waals surface area (Å²) in [5.74, 6) is 0. The molecule has 0 saturated carbocycles. The predicted molar refractivity (Wildman–Crippen MR) is 217 cm³/mol. The van der Waals surface area contributed by atoms with Crippen LogP contribution in [0.4, 0.5) is 17.1 Å². The Balaban J connectivity index is 1.43. The SMILES string of the molecule is c1ccc(-c2ccc3sc4cc5c(c(N(c6ccccc6)c6ccccc6)c4c3c2)-c2ccccc2C5(c2ccccc2)c2ccccc2)cc1. The second-order valence-electron chi connectivity index (χ2n) is 13.2. The van der Waals surface area contributed by atoms with Crippen LogP contribution in [0.5, 0.6) is 0 Å². The Hall–Kier alpha value is -6.22. The Labute approximate surface area is 302 Å². The fourth-order valence-corrected chi connectivity index (χ4v) is 9.55. The largest absolute Gasteiger partial charge is 0.309 e. The summed E-state index contributed by atoms with van der Waals surface area (Å²) in [6.45, 7) is 0. The second-order valence-corrected chi connectivity index (χ2v) is 14.3. The Bertz CT molecular complexity index is 2580. The third-order valence-corrected chi connectivity index (χ3v) is 11.6. The first-order valence-corrected chi connectivity index (χ1v) is 18.3. The molecule has 0 fully saturated rings. The van der Waals surface area contributed by atoms with Crippen LogP contribution >= 0.6 is 11.3 Å². The van der Waals surface area contributed by atoms with E-state index in [1.165, 1.54) is 70.4 Å². The van der Waals surface area contributed by atoms with Crippen LogP contribution in [0.2, 0.25) is 0 Å². The highest BCUT2D eigenvalue weighted by Crippen LogP contribution is 2.62. The minimum atomic E-state index is -0.512. The first-order valence-electron chi connectivity index (χ1n) is 17.5. The minimum absolute atomic E-state index is 0.512. The number of thiophene rings is 1. The molecule has 2 heteroatoms. The predicted octanol–water partition coefficient (Wildman–Crippen LogP) is 13.6. The third kappa shape index (κ3) is 4.54. The van der Waals surface area contributed by atoms with Gasteiger partial charge >= 0.3 is 0 Å². The maximum atomic E-state index is 2.52. The Morgan fingerprint density at radius 2 is 0.941 bits per heavy atom. The van der Waals surface area contributed by atoms with Crippen molar-refractivity contribution in [2.45, 2.75) is 5.41 Å². The zero-order valence-corrected chi connectivity index (χ0v) is 28.7. The van der Waals surface area contributed by atoms with E-state index in [4.69, 9.17) is 0 Å². The molecule has 0 aliphatic heterocycles. The van der Waals surface area contributed by atoms with Gasteiger partial charge in [-0.2, -0.15) is 0 Å². The minimum Gasteiger partial charge on any atom is -0.309 e. The van der Waals surface area contributed by atoms with Gasteiger partial charge in [0, 0.05) is 37.1 Å². The second kappa shape index (κ2) is 12.0. The molecule has 1 heterocycles. The molecule has 1 aliphatic rings. The molecule has 0 radical (unpaired) electrons. The van der Waals surface area contributed by atoms with E-state index in [1.807, 2.05) is 11.3 Å². The van der Waals surface area contributed by atoms with Crippen LogP contribution in [-0.4, -0.2) is 0 Å². The van der Waals surface area contributed by atoms with Gasteiger partial charge in [-0.25, -0.2) is 0 Å². The molecule has 1 aromatic heterocycles. The third-order valence-electron chi connectivity index (χ3n) is 10.5. The summed E-state index contributed by atoms with van der Waals surface area (Å²) in [5, 5.41) is 2.56. The number of rotatable bonds is 6. The smallest absolute Gasteiger partial charge is 0.0714 e. The average Bonchev–Trinajstić information content (AvgIpc) is 3.73. The number of fused-ring (bicyclic) bond motifs is 6. The lowest BCUT2D eigenvalue weighted by molar-refractivity contribution is 0.770. The molecule has 1 aliphatic carbocycles. The molecule has 0 unspecified atom stereocenters. The number of nitrogens with zero attached hydrogens (tertiary/aromatic N) is 1. The standard InChI is InChI=1S/C49H33NS/c1-6-18-34(19-7-1)35-30-31-44-41(32-35)47-45(51-44)33-43-46(48(47)50(38-24-12-4-13-25-38)39-26-14-5-15-27-39)40-28-16-17-29-42(40)49(43,36-20-8-2-9-21-36)37-22-10-3-11-23-37/h1-33H. The van der Waals surface area contributed by atoms with E-state index in [-0.39, 0.29) is 0 Å². The van der Waals surface area contributed by atoms with Crippen molar-refractivity contribution in [1.82, 2.24) is 0 Å². The monoisotopic (exact) mass is 667 g/mol. The van der Waals surface area contributed by atoms with E-state index >= 15 is 0 Å². The van der Waals surface area contributed by atoms with Gasteiger partial charge in [-0.1, -0.05) is 158 Å². The number of anilines is 3. The average molecular weight is 668 g/mol. The molecule has 8 aromatic carbocycles. The van der Waals surface area contributed by atoms with Crippen molar-refractivity contribution in [3.63, 3.8) is 0 Å². The van der Waals surface area contributed by atoms with Crippen LogP contribution in [0.3, 0.4) is 0 Å². The zero-order valence-electron chi connectivity index (χ0n) is 27.9. The molecule has 0 saturated heterocycles. The number of hydrogen-bond acceptors (Lipinski definition) is 2. The Morgan fingerprint density at radius 1 is 0.412 bits per heavy atom. The molecular formula is C49H33NS. The normalized spacial score (nSPS) is 12.9. The van der Waals surface area contributed by atoms with Crippen LogP contribution in [-0.2, 0) is 5.41 Å². The highest BCUT2D eigenvalue weighted by Gasteiger charge is 2.48. The van der Waals surface area contributed by atoms with E-state index < -0.39 is 5.41 Å². The highest BCUT2D eigenvalue weighted by atomic mass is 32.1. The molecule has 240 valence electrons. The Kier molecular flexibility index (Phi) is 6.97. The van der Waals surface area contributed by atoms with E-state index in [9.17, 15) is 0 Å². The fourth-order valence-electron chi connectivity index (χ4n) is 8.42. The molecule has 1 nitrogen and oxygen atoms in total. The maximum absolute atomic E-state index is 2.52. The van der Waals surface area contributed by atoms with Crippen molar-refractivity contribution >= 4 is 48.6 Å². The molecule has 0 amide bonds. The zero-order chi connectivity index (χ0) is 33.8. The van der Waals surface area contributed by atoms with Crippen LogP contribution in [0.25, 0.3) is 42.4 Å². The van der Waals surface area contributed by atoms with Crippen LogP contribution in [0.1, 0.15) is 22.3 Å². The Morgan fingerprint density at radius 3 is 1.55 bits per heavy atom. The van der Waals surface area contributed by atoms with Gasteiger partial charge in [0.25, 0.3) is 0 Å². The first-order chi connectivity index (χ1) is 25.3. The molecule has 0 bridgehead atoms. The van der Waals surface area contributed by atoms with E-state index in [0.29, 0.717) is 0 Å². The molecule has 0 spiro atoms. The molecular weight excluding hydrogens is 635 g/mol. The van der Waals surface area contributed by atoms with Gasteiger partial charge in [0.05, 0.1) is 11.1 Å². The molecule has 51 heavy (non-hydrogen) atoms. The van der Waals surface area contributed by atoms with Gasteiger partial charge < -0.3 is 4.90 Å². The van der Waals surface area contributed by atoms with Crippen molar-refractivity contribution in [3.05, 3.63) is 222 Å². The summed E-state index contributed by atoms with van der Waals surface area (Å²) in [7, 11) is 0. The van der Waals surface area contributed by atoms with E-state index in [1.54, 1.807) is 0 Å². The number of hydrogen-bond donors (Lipinski definition) is 0. The van der Waals surface area contributed by atoms with Gasteiger partial charge in [-0.15, -0.1) is 11.3 Å². The van der Waals surface area contributed by atoms with Gasteiger partial charge in [0.1, 0.15) is 0 Å². The quantitative estimate of drug-likeness (QED) is 0.171. The van der Waals surface area contributed by atoms with Crippen molar-refractivity contribution < 1.29 is 0 Å². The van der Waals surface area contributed by atoms with Gasteiger partial charge in [-0.05, 0) is 81.4 Å². The summed E-state index contributed by atoms with van der Waals surface area (Å²) in [5.41, 5.74) is 13.1. The number of para-hydroxylation sites is 2. The maximum Gasteiger partial charge on any atom is 0.0714 e. The summed E-state index contributed by atoms with van der Waals surface area (Å²) >= 11 is 1.90. The fraction of sp³-hybridized carbons (Fsp3) is 0.0204. The van der Waals surface area contributed by atoms with Crippen molar-refractivity contribution in [1.29, 1.82) is 0 Å². The van der Waals surface area contributed by atoms with Gasteiger partial charge in [-0.3, -0.25) is 0 Å². The van der Waals surface area contributed by atoms with E-state index in [2.05, 4.69) is 205 Å².